The van der Waals surface area contributed by atoms with Crippen LogP contribution in [-0.4, -0.2) is 11.7 Å². The largest absolute Gasteiger partial charge is 0.460 e. The van der Waals surface area contributed by atoms with E-state index >= 15 is 0 Å². The van der Waals surface area contributed by atoms with Crippen LogP contribution >= 0.6 is 0 Å². The molecule has 126 valence electrons. The molecule has 2 N–H and O–H groups in total. The zero-order valence-electron chi connectivity index (χ0n) is 14.3. The Labute approximate surface area is 139 Å². The van der Waals surface area contributed by atoms with Gasteiger partial charge in [-0.2, -0.15) is 0 Å². The first kappa shape index (κ1) is 17.8. The van der Waals surface area contributed by atoms with Gasteiger partial charge in [-0.25, -0.2) is 0 Å². The molecule has 0 spiro atoms. The van der Waals surface area contributed by atoms with E-state index in [1.807, 2.05) is 36.4 Å². The van der Waals surface area contributed by atoms with Crippen molar-refractivity contribution in [1.29, 1.82) is 0 Å². The average Bonchev–Trinajstić information content (AvgIpc) is 3.03. The summed E-state index contributed by atoms with van der Waals surface area (Å²) in [5, 5.41) is 13.0. The van der Waals surface area contributed by atoms with E-state index in [9.17, 15) is 5.11 Å². The molecule has 1 atom stereocenters. The molecule has 0 amide bonds. The van der Waals surface area contributed by atoms with E-state index in [0.29, 0.717) is 0 Å². The Morgan fingerprint density at radius 2 is 1.74 bits per heavy atom. The zero-order valence-corrected chi connectivity index (χ0v) is 14.3. The lowest BCUT2D eigenvalue weighted by atomic mass is 10.1. The predicted molar refractivity (Wildman–Crippen MR) is 95.2 cm³/mol. The van der Waals surface area contributed by atoms with E-state index in [-0.39, 0.29) is 0 Å². The summed E-state index contributed by atoms with van der Waals surface area (Å²) >= 11 is 0. The van der Waals surface area contributed by atoms with Crippen molar-refractivity contribution in [3.05, 3.63) is 47.7 Å². The highest BCUT2D eigenvalue weighted by Crippen LogP contribution is 2.24. The number of aliphatic hydroxyl groups is 1. The van der Waals surface area contributed by atoms with Crippen LogP contribution in [0, 0.1) is 0 Å². The summed E-state index contributed by atoms with van der Waals surface area (Å²) in [7, 11) is 0. The Kier molecular flexibility index (Phi) is 7.37. The lowest BCUT2D eigenvalue weighted by Crippen LogP contribution is -2.14. The van der Waals surface area contributed by atoms with Crippen LogP contribution in [0.1, 0.15) is 63.4 Å². The minimum absolute atomic E-state index is 0.433. The first-order valence-corrected chi connectivity index (χ1v) is 8.78. The molecule has 0 radical (unpaired) electrons. The van der Waals surface area contributed by atoms with Gasteiger partial charge in [0.15, 0.2) is 0 Å². The standard InChI is InChI=1S/C20H29NO2/c1-3-4-5-6-7-14-21-15-19-12-13-20(23-19)18-10-8-17(9-11-18)16(2)22/h8-13,16,21-22H,3-7,14-15H2,1-2H3/t16-/m1/s1. The first-order chi connectivity index (χ1) is 11.2. The Hall–Kier alpha value is -1.58. The van der Waals surface area contributed by atoms with E-state index < -0.39 is 6.10 Å². The smallest absolute Gasteiger partial charge is 0.134 e. The fraction of sp³-hybridized carbons (Fsp3) is 0.500. The monoisotopic (exact) mass is 315 g/mol. The average molecular weight is 315 g/mol. The molecule has 0 aliphatic heterocycles. The third-order valence-electron chi connectivity index (χ3n) is 4.10. The molecule has 2 rings (SSSR count). The normalized spacial score (nSPS) is 12.5. The fourth-order valence-electron chi connectivity index (χ4n) is 2.62. The molecule has 3 heteroatoms. The predicted octanol–water partition coefficient (Wildman–Crippen LogP) is 5.06. The fourth-order valence-corrected chi connectivity index (χ4v) is 2.62. The lowest BCUT2D eigenvalue weighted by Gasteiger charge is -2.05. The second-order valence-electron chi connectivity index (χ2n) is 6.15. The molecule has 2 aromatic rings. The van der Waals surface area contributed by atoms with Crippen molar-refractivity contribution in [2.45, 2.75) is 58.6 Å². The van der Waals surface area contributed by atoms with Gasteiger partial charge in [0, 0.05) is 5.56 Å². The maximum atomic E-state index is 9.55. The summed E-state index contributed by atoms with van der Waals surface area (Å²) in [6, 6.07) is 11.9. The topological polar surface area (TPSA) is 45.4 Å². The van der Waals surface area contributed by atoms with Crippen molar-refractivity contribution >= 4 is 0 Å². The molecule has 0 saturated heterocycles. The highest BCUT2D eigenvalue weighted by atomic mass is 16.3. The van der Waals surface area contributed by atoms with Gasteiger partial charge in [-0.05, 0) is 37.6 Å². The van der Waals surface area contributed by atoms with Crippen LogP contribution in [0.5, 0.6) is 0 Å². The maximum Gasteiger partial charge on any atom is 0.134 e. The zero-order chi connectivity index (χ0) is 16.5. The Morgan fingerprint density at radius 3 is 2.43 bits per heavy atom. The van der Waals surface area contributed by atoms with E-state index in [4.69, 9.17) is 4.42 Å². The summed E-state index contributed by atoms with van der Waals surface area (Å²) in [5.74, 6) is 1.84. The number of rotatable bonds is 10. The summed E-state index contributed by atoms with van der Waals surface area (Å²) in [6.07, 6.45) is 6.08. The molecule has 23 heavy (non-hydrogen) atoms. The van der Waals surface area contributed by atoms with E-state index in [2.05, 4.69) is 12.2 Å². The Balaban J connectivity index is 1.77. The molecule has 1 aromatic heterocycles. The van der Waals surface area contributed by atoms with Gasteiger partial charge in [-0.15, -0.1) is 0 Å². The van der Waals surface area contributed by atoms with Gasteiger partial charge in [0.2, 0.25) is 0 Å². The number of hydrogen-bond donors (Lipinski definition) is 2. The van der Waals surface area contributed by atoms with Crippen molar-refractivity contribution in [3.63, 3.8) is 0 Å². The van der Waals surface area contributed by atoms with Crippen molar-refractivity contribution in [3.8, 4) is 11.3 Å². The molecule has 3 nitrogen and oxygen atoms in total. The summed E-state index contributed by atoms with van der Waals surface area (Å²) < 4.78 is 5.89. The molecule has 1 heterocycles. The van der Waals surface area contributed by atoms with Crippen LogP contribution in [-0.2, 0) is 6.54 Å². The van der Waals surface area contributed by atoms with Crippen LogP contribution in [0.15, 0.2) is 40.8 Å². The highest BCUT2D eigenvalue weighted by molar-refractivity contribution is 5.58. The number of nitrogens with one attached hydrogen (secondary N) is 1. The van der Waals surface area contributed by atoms with Crippen LogP contribution in [0.2, 0.25) is 0 Å². The van der Waals surface area contributed by atoms with Gasteiger partial charge in [0.1, 0.15) is 11.5 Å². The lowest BCUT2D eigenvalue weighted by molar-refractivity contribution is 0.199. The number of benzene rings is 1. The number of furan rings is 1. The molecule has 0 fully saturated rings. The first-order valence-electron chi connectivity index (χ1n) is 8.78. The van der Waals surface area contributed by atoms with Crippen LogP contribution in [0.3, 0.4) is 0 Å². The summed E-state index contributed by atoms with van der Waals surface area (Å²) in [5.41, 5.74) is 1.96. The summed E-state index contributed by atoms with van der Waals surface area (Å²) in [4.78, 5) is 0. The second kappa shape index (κ2) is 9.53. The molecular weight excluding hydrogens is 286 g/mol. The number of hydrogen-bond acceptors (Lipinski definition) is 3. The quantitative estimate of drug-likeness (QED) is 0.602. The summed E-state index contributed by atoms with van der Waals surface area (Å²) in [6.45, 7) is 5.83. The van der Waals surface area contributed by atoms with E-state index in [0.717, 1.165) is 35.7 Å². The molecule has 1 aromatic carbocycles. The van der Waals surface area contributed by atoms with Crippen LogP contribution in [0.25, 0.3) is 11.3 Å². The number of unbranched alkanes of at least 4 members (excludes halogenated alkanes) is 4. The van der Waals surface area contributed by atoms with Gasteiger partial charge in [-0.1, -0.05) is 56.9 Å². The number of aliphatic hydroxyl groups excluding tert-OH is 1. The van der Waals surface area contributed by atoms with Gasteiger partial charge in [-0.3, -0.25) is 0 Å². The van der Waals surface area contributed by atoms with Crippen molar-refractivity contribution < 1.29 is 9.52 Å². The van der Waals surface area contributed by atoms with Gasteiger partial charge >= 0.3 is 0 Å². The molecule has 0 unspecified atom stereocenters. The minimum atomic E-state index is -0.433. The van der Waals surface area contributed by atoms with E-state index in [1.165, 1.54) is 32.1 Å². The van der Waals surface area contributed by atoms with Gasteiger partial charge < -0.3 is 14.8 Å². The second-order valence-corrected chi connectivity index (χ2v) is 6.15. The minimum Gasteiger partial charge on any atom is -0.460 e. The van der Waals surface area contributed by atoms with Gasteiger partial charge in [0.05, 0.1) is 12.6 Å². The molecule has 0 saturated carbocycles. The molecule has 0 bridgehead atoms. The Morgan fingerprint density at radius 1 is 1.00 bits per heavy atom. The third-order valence-corrected chi connectivity index (χ3v) is 4.10. The van der Waals surface area contributed by atoms with Gasteiger partial charge in [0.25, 0.3) is 0 Å². The van der Waals surface area contributed by atoms with Crippen LogP contribution in [0.4, 0.5) is 0 Å². The molecular formula is C20H29NO2. The third kappa shape index (κ3) is 5.85. The maximum absolute atomic E-state index is 9.55. The van der Waals surface area contributed by atoms with Crippen molar-refractivity contribution in [1.82, 2.24) is 5.32 Å². The molecule has 0 aliphatic rings. The Bertz CT molecular complexity index is 557. The van der Waals surface area contributed by atoms with Crippen LogP contribution < -0.4 is 5.32 Å². The van der Waals surface area contributed by atoms with Crippen molar-refractivity contribution in [2.24, 2.45) is 0 Å². The SMILES string of the molecule is CCCCCCCNCc1ccc(-c2ccc([C@@H](C)O)cc2)o1. The highest BCUT2D eigenvalue weighted by Gasteiger charge is 2.06. The van der Waals surface area contributed by atoms with E-state index in [1.54, 1.807) is 6.92 Å². The molecule has 0 aliphatic carbocycles. The van der Waals surface area contributed by atoms with Crippen molar-refractivity contribution in [2.75, 3.05) is 6.54 Å².